The molecule has 1 unspecified atom stereocenters. The van der Waals surface area contributed by atoms with E-state index in [-0.39, 0.29) is 6.42 Å². The van der Waals surface area contributed by atoms with Gasteiger partial charge in [0.25, 0.3) is 5.91 Å². The summed E-state index contributed by atoms with van der Waals surface area (Å²) < 4.78 is 5.17. The van der Waals surface area contributed by atoms with Crippen LogP contribution in [0.1, 0.15) is 30.9 Å². The molecule has 0 aromatic heterocycles. The zero-order valence-electron chi connectivity index (χ0n) is 11.9. The van der Waals surface area contributed by atoms with Gasteiger partial charge < -0.3 is 25.2 Å². The Bertz CT molecular complexity index is 525. The molecule has 1 aromatic rings. The Kier molecular flexibility index (Phi) is 5.54. The van der Waals surface area contributed by atoms with Gasteiger partial charge in [-0.05, 0) is 18.4 Å². The minimum absolute atomic E-state index is 0.190. The largest absolute Gasteiger partial charge is 0.481 e. The van der Waals surface area contributed by atoms with E-state index in [4.69, 9.17) is 9.76 Å². The molecule has 4 N–H and O–H groups in total. The van der Waals surface area contributed by atoms with E-state index >= 15 is 0 Å². The molecule has 118 valence electrons. The van der Waals surface area contributed by atoms with Crippen molar-refractivity contribution in [2.45, 2.75) is 37.4 Å². The normalized spacial score (nSPS) is 22.9. The van der Waals surface area contributed by atoms with Crippen LogP contribution in [0.2, 0.25) is 0 Å². The fourth-order valence-electron chi connectivity index (χ4n) is 2.40. The van der Waals surface area contributed by atoms with Gasteiger partial charge in [-0.25, -0.2) is 0 Å². The summed E-state index contributed by atoms with van der Waals surface area (Å²) in [4.78, 5) is 22.6. The predicted octanol–water partition coefficient (Wildman–Crippen LogP) is -0.122. The van der Waals surface area contributed by atoms with Crippen molar-refractivity contribution in [2.24, 2.45) is 0 Å². The number of hydrogen-bond donors (Lipinski definition) is 4. The van der Waals surface area contributed by atoms with Crippen LogP contribution in [0.4, 0.5) is 0 Å². The van der Waals surface area contributed by atoms with Crippen LogP contribution in [-0.4, -0.2) is 46.3 Å². The molecule has 0 saturated carbocycles. The van der Waals surface area contributed by atoms with Crippen LogP contribution in [0.3, 0.4) is 0 Å². The third-order valence-corrected chi connectivity index (χ3v) is 3.57. The van der Waals surface area contributed by atoms with Gasteiger partial charge in [0.15, 0.2) is 6.10 Å². The molecule has 1 saturated heterocycles. The Balaban J connectivity index is 1.88. The van der Waals surface area contributed by atoms with Crippen molar-refractivity contribution >= 4 is 19.0 Å². The fourth-order valence-corrected chi connectivity index (χ4v) is 2.40. The summed E-state index contributed by atoms with van der Waals surface area (Å²) in [6.45, 7) is 0. The van der Waals surface area contributed by atoms with Crippen molar-refractivity contribution in [1.82, 2.24) is 5.32 Å². The van der Waals surface area contributed by atoms with Crippen molar-refractivity contribution in [1.29, 1.82) is 0 Å². The molecule has 2 rings (SSSR count). The first-order valence-electron chi connectivity index (χ1n) is 7.06. The minimum Gasteiger partial charge on any atom is -0.481 e. The lowest BCUT2D eigenvalue weighted by Gasteiger charge is -2.31. The summed E-state index contributed by atoms with van der Waals surface area (Å²) in [6.07, 6.45) is -1.29. The number of nitrogens with one attached hydrogen (secondary N) is 1. The number of carboxylic acid groups (broad SMARTS) is 1. The Hall–Kier alpha value is -1.90. The molecule has 7 nitrogen and oxygen atoms in total. The monoisotopic (exact) mass is 307 g/mol. The van der Waals surface area contributed by atoms with Gasteiger partial charge in [-0.2, -0.15) is 0 Å². The molecule has 1 aliphatic heterocycles. The molecule has 0 bridgehead atoms. The summed E-state index contributed by atoms with van der Waals surface area (Å²) in [5.41, 5.74) is 0.454. The van der Waals surface area contributed by atoms with E-state index in [1.54, 1.807) is 30.3 Å². The van der Waals surface area contributed by atoms with Crippen molar-refractivity contribution in [3.63, 3.8) is 0 Å². The van der Waals surface area contributed by atoms with Gasteiger partial charge in [-0.1, -0.05) is 30.3 Å². The van der Waals surface area contributed by atoms with Crippen LogP contribution in [0.25, 0.3) is 0 Å². The molecule has 1 fully saturated rings. The highest BCUT2D eigenvalue weighted by Crippen LogP contribution is 2.20. The molecule has 1 heterocycles. The van der Waals surface area contributed by atoms with Gasteiger partial charge >= 0.3 is 13.1 Å². The number of carbonyl (C=O) groups is 2. The maximum absolute atomic E-state index is 12.0. The van der Waals surface area contributed by atoms with Crippen molar-refractivity contribution in [3.05, 3.63) is 35.9 Å². The molecule has 8 heteroatoms. The van der Waals surface area contributed by atoms with Gasteiger partial charge in [0.1, 0.15) is 0 Å². The van der Waals surface area contributed by atoms with Crippen LogP contribution in [0, 0.1) is 0 Å². The van der Waals surface area contributed by atoms with Crippen LogP contribution in [0.5, 0.6) is 0 Å². The molecular weight excluding hydrogens is 289 g/mol. The van der Waals surface area contributed by atoms with E-state index in [9.17, 15) is 19.7 Å². The van der Waals surface area contributed by atoms with E-state index in [2.05, 4.69) is 5.32 Å². The smallest absolute Gasteiger partial charge is 0.478 e. The summed E-state index contributed by atoms with van der Waals surface area (Å²) in [7, 11) is -1.29. The number of rotatable bonds is 5. The Morgan fingerprint density at radius 1 is 1.32 bits per heavy atom. The molecule has 22 heavy (non-hydrogen) atoms. The second-order valence-electron chi connectivity index (χ2n) is 5.25. The average Bonchev–Trinajstić information content (AvgIpc) is 2.49. The van der Waals surface area contributed by atoms with Gasteiger partial charge in [0.2, 0.25) is 0 Å². The zero-order chi connectivity index (χ0) is 16.1. The number of carbonyl (C=O) groups excluding carboxylic acids is 1. The number of aliphatic hydroxyl groups excluding tert-OH is 1. The zero-order valence-corrected chi connectivity index (χ0v) is 11.9. The number of hydrogen-bond acceptors (Lipinski definition) is 5. The van der Waals surface area contributed by atoms with Gasteiger partial charge in [-0.3, -0.25) is 9.59 Å². The van der Waals surface area contributed by atoms with Crippen molar-refractivity contribution in [2.75, 3.05) is 0 Å². The quantitative estimate of drug-likeness (QED) is 0.564. The SMILES string of the molecule is O=C(O)C[C@@H]1CC[C@H](NC(=O)C(O)c2ccccc2)B(O)O1. The molecule has 3 atom stereocenters. The second kappa shape index (κ2) is 7.39. The highest BCUT2D eigenvalue weighted by molar-refractivity contribution is 6.45. The lowest BCUT2D eigenvalue weighted by atomic mass is 9.72. The highest BCUT2D eigenvalue weighted by atomic mass is 16.5. The summed E-state index contributed by atoms with van der Waals surface area (Å²) in [5, 5.41) is 31.0. The van der Waals surface area contributed by atoms with E-state index < -0.39 is 37.1 Å². The first-order chi connectivity index (χ1) is 10.5. The lowest BCUT2D eigenvalue weighted by molar-refractivity contribution is -0.139. The molecule has 0 spiro atoms. The van der Waals surface area contributed by atoms with E-state index in [0.717, 1.165) is 0 Å². The predicted molar refractivity (Wildman–Crippen MR) is 77.7 cm³/mol. The molecular formula is C14H18BNO6. The molecule has 0 aliphatic carbocycles. The molecule has 1 aliphatic rings. The van der Waals surface area contributed by atoms with Gasteiger partial charge in [-0.15, -0.1) is 0 Å². The maximum Gasteiger partial charge on any atom is 0.478 e. The minimum atomic E-state index is -1.33. The maximum atomic E-state index is 12.0. The molecule has 1 aromatic carbocycles. The number of aliphatic hydroxyl groups is 1. The summed E-state index contributed by atoms with van der Waals surface area (Å²) in [5.74, 6) is -2.30. The lowest BCUT2D eigenvalue weighted by Crippen LogP contribution is -2.53. The Labute approximate surface area is 128 Å². The van der Waals surface area contributed by atoms with Crippen LogP contribution >= 0.6 is 0 Å². The topological polar surface area (TPSA) is 116 Å². The second-order valence-corrected chi connectivity index (χ2v) is 5.25. The van der Waals surface area contributed by atoms with Crippen molar-refractivity contribution in [3.8, 4) is 0 Å². The molecule has 1 amide bonds. The third-order valence-electron chi connectivity index (χ3n) is 3.57. The van der Waals surface area contributed by atoms with Crippen LogP contribution < -0.4 is 5.32 Å². The summed E-state index contributed by atoms with van der Waals surface area (Å²) in [6, 6.07) is 8.44. The Morgan fingerprint density at radius 3 is 2.59 bits per heavy atom. The van der Waals surface area contributed by atoms with E-state index in [1.165, 1.54) is 0 Å². The van der Waals surface area contributed by atoms with Gasteiger partial charge in [0.05, 0.1) is 18.5 Å². The van der Waals surface area contributed by atoms with E-state index in [0.29, 0.717) is 18.4 Å². The molecule has 0 radical (unpaired) electrons. The van der Waals surface area contributed by atoms with Crippen LogP contribution in [0.15, 0.2) is 30.3 Å². The fraction of sp³-hybridized carbons (Fsp3) is 0.429. The first-order valence-corrected chi connectivity index (χ1v) is 7.06. The van der Waals surface area contributed by atoms with Gasteiger partial charge in [0, 0.05) is 0 Å². The third kappa shape index (κ3) is 4.30. The number of carboxylic acids is 1. The van der Waals surface area contributed by atoms with Crippen LogP contribution in [-0.2, 0) is 14.2 Å². The van der Waals surface area contributed by atoms with E-state index in [1.807, 2.05) is 0 Å². The van der Waals surface area contributed by atoms with Crippen molar-refractivity contribution < 1.29 is 29.5 Å². The summed E-state index contributed by atoms with van der Waals surface area (Å²) >= 11 is 0. The number of benzene rings is 1. The highest BCUT2D eigenvalue weighted by Gasteiger charge is 2.37. The average molecular weight is 307 g/mol. The standard InChI is InChI=1S/C14H18BNO6/c17-12(18)8-10-6-7-11(15(21)22-10)16-14(20)13(19)9-4-2-1-3-5-9/h1-5,10-11,13,19,21H,6-8H2,(H,16,20)(H,17,18)/t10-,11-,13?/m0/s1. The first kappa shape index (κ1) is 16.5. The number of aliphatic carboxylic acids is 1. The number of amides is 1. The Morgan fingerprint density at radius 2 is 2.00 bits per heavy atom.